The molecule has 0 spiro atoms. The van der Waals surface area contributed by atoms with E-state index in [0.29, 0.717) is 17.3 Å². The number of hydrogen-bond donors (Lipinski definition) is 4. The average Bonchev–Trinajstić information content (AvgIpc) is 2.87. The SMILES string of the molecule is CCOC(=O)C1=C(C)NC(=S)N[C@H]1c1ccccc1OCC(=O)NN=Cc1cc([N+](=O)[O-])cc([N+](=O)[O-])c1O. The van der Waals surface area contributed by atoms with E-state index in [0.717, 1.165) is 12.3 Å². The Morgan fingerprint density at radius 3 is 2.62 bits per heavy atom. The number of nitrogens with one attached hydrogen (secondary N) is 3. The lowest BCUT2D eigenvalue weighted by Gasteiger charge is -2.30. The first-order valence-electron chi connectivity index (χ1n) is 11.2. The topological polar surface area (TPSA) is 208 Å². The monoisotopic (exact) mass is 558 g/mol. The van der Waals surface area contributed by atoms with Gasteiger partial charge in [0.25, 0.3) is 11.6 Å². The fourth-order valence-electron chi connectivity index (χ4n) is 3.58. The highest BCUT2D eigenvalue weighted by Crippen LogP contribution is 2.34. The van der Waals surface area contributed by atoms with E-state index in [2.05, 4.69) is 21.2 Å². The number of aromatic hydroxyl groups is 1. The molecular formula is C23H22N6O9S. The van der Waals surface area contributed by atoms with E-state index < -0.39 is 51.5 Å². The Hall–Kier alpha value is -5.12. The fourth-order valence-corrected chi connectivity index (χ4v) is 3.85. The van der Waals surface area contributed by atoms with Crippen LogP contribution in [0.2, 0.25) is 0 Å². The molecule has 0 aliphatic carbocycles. The standard InChI is InChI=1S/C23H22N6O9S/c1-3-37-22(32)19-12(2)25-23(39)26-20(19)15-6-4-5-7-17(15)38-11-18(30)27-24-10-13-8-14(28(33)34)9-16(21(13)31)29(35)36/h4-10,20,31H,3,11H2,1-2H3,(H,27,30)(H2,25,26,39)/t20-/m0/s1. The summed E-state index contributed by atoms with van der Waals surface area (Å²) in [6.07, 6.45) is 0.820. The summed E-state index contributed by atoms with van der Waals surface area (Å²) in [5.41, 5.74) is 1.48. The number of hydrazone groups is 1. The molecule has 16 heteroatoms. The molecule has 1 heterocycles. The summed E-state index contributed by atoms with van der Waals surface area (Å²) in [6, 6.07) is 7.36. The Kier molecular flexibility index (Phi) is 9.06. The zero-order valence-corrected chi connectivity index (χ0v) is 21.3. The minimum Gasteiger partial charge on any atom is -0.502 e. The number of phenols is 1. The van der Waals surface area contributed by atoms with Crippen LogP contribution in [0, 0.1) is 20.2 Å². The lowest BCUT2D eigenvalue weighted by atomic mass is 9.95. The van der Waals surface area contributed by atoms with Gasteiger partial charge in [-0.1, -0.05) is 18.2 Å². The third kappa shape index (κ3) is 6.80. The molecule has 0 bridgehead atoms. The van der Waals surface area contributed by atoms with Gasteiger partial charge in [0.05, 0.1) is 45.9 Å². The van der Waals surface area contributed by atoms with E-state index in [9.17, 15) is 34.9 Å². The van der Waals surface area contributed by atoms with Gasteiger partial charge in [0.2, 0.25) is 5.75 Å². The van der Waals surface area contributed by atoms with E-state index in [1.54, 1.807) is 38.1 Å². The number of nitrogens with zero attached hydrogens (tertiary/aromatic N) is 3. The van der Waals surface area contributed by atoms with E-state index in [1.807, 2.05) is 0 Å². The summed E-state index contributed by atoms with van der Waals surface area (Å²) in [6.45, 7) is 2.97. The summed E-state index contributed by atoms with van der Waals surface area (Å²) >= 11 is 5.23. The number of benzene rings is 2. The second kappa shape index (κ2) is 12.4. The Morgan fingerprint density at radius 1 is 1.23 bits per heavy atom. The molecule has 4 N–H and O–H groups in total. The quantitative estimate of drug-likeness (QED) is 0.109. The van der Waals surface area contributed by atoms with E-state index in [1.165, 1.54) is 0 Å². The smallest absolute Gasteiger partial charge is 0.338 e. The predicted octanol–water partition coefficient (Wildman–Crippen LogP) is 2.09. The number of non-ortho nitro benzene ring substituents is 1. The number of carbonyl (C=O) groups is 2. The number of amides is 1. The molecule has 0 fully saturated rings. The number of esters is 1. The van der Waals surface area contributed by atoms with E-state index in [-0.39, 0.29) is 28.6 Å². The number of para-hydroxylation sites is 1. The number of nitro groups is 2. The maximum Gasteiger partial charge on any atom is 0.338 e. The van der Waals surface area contributed by atoms with Crippen molar-refractivity contribution in [1.82, 2.24) is 16.1 Å². The first-order chi connectivity index (χ1) is 18.5. The Bertz CT molecular complexity index is 1410. The van der Waals surface area contributed by atoms with Crippen LogP contribution in [0.3, 0.4) is 0 Å². The van der Waals surface area contributed by atoms with Gasteiger partial charge in [-0.05, 0) is 32.1 Å². The number of ether oxygens (including phenoxy) is 2. The zero-order chi connectivity index (χ0) is 28.7. The number of allylic oxidation sites excluding steroid dienone is 1. The number of thiocarbonyl (C=S) groups is 1. The lowest BCUT2D eigenvalue weighted by molar-refractivity contribution is -0.394. The molecule has 2 aromatic carbocycles. The van der Waals surface area contributed by atoms with Crippen LogP contribution in [0.4, 0.5) is 11.4 Å². The zero-order valence-electron chi connectivity index (χ0n) is 20.5. The first-order valence-corrected chi connectivity index (χ1v) is 11.6. The summed E-state index contributed by atoms with van der Waals surface area (Å²) in [7, 11) is 0. The molecule has 39 heavy (non-hydrogen) atoms. The highest BCUT2D eigenvalue weighted by molar-refractivity contribution is 7.80. The lowest BCUT2D eigenvalue weighted by Crippen LogP contribution is -2.45. The fraction of sp³-hybridized carbons (Fsp3) is 0.217. The summed E-state index contributed by atoms with van der Waals surface area (Å²) in [5.74, 6) is -1.93. The highest BCUT2D eigenvalue weighted by Gasteiger charge is 2.32. The normalized spacial score (nSPS) is 14.8. The molecule has 1 amide bonds. The molecular weight excluding hydrogens is 536 g/mol. The highest BCUT2D eigenvalue weighted by atomic mass is 32.1. The van der Waals surface area contributed by atoms with E-state index >= 15 is 0 Å². The van der Waals surface area contributed by atoms with Crippen molar-refractivity contribution in [3.05, 3.63) is 79.0 Å². The Morgan fingerprint density at radius 2 is 1.95 bits per heavy atom. The van der Waals surface area contributed by atoms with Crippen molar-refractivity contribution in [2.75, 3.05) is 13.2 Å². The average molecular weight is 559 g/mol. The molecule has 0 aromatic heterocycles. The van der Waals surface area contributed by atoms with Crippen LogP contribution in [0.15, 0.2) is 52.8 Å². The molecule has 0 radical (unpaired) electrons. The van der Waals surface area contributed by atoms with Gasteiger partial charge in [0.15, 0.2) is 11.7 Å². The van der Waals surface area contributed by atoms with Gasteiger partial charge in [-0.25, -0.2) is 10.2 Å². The van der Waals surface area contributed by atoms with Gasteiger partial charge in [-0.15, -0.1) is 0 Å². The van der Waals surface area contributed by atoms with Gasteiger partial charge in [-0.3, -0.25) is 25.0 Å². The van der Waals surface area contributed by atoms with Crippen LogP contribution >= 0.6 is 12.2 Å². The van der Waals surface area contributed by atoms with Crippen molar-refractivity contribution < 1.29 is 34.0 Å². The van der Waals surface area contributed by atoms with Crippen LogP contribution < -0.4 is 20.8 Å². The molecule has 204 valence electrons. The van der Waals surface area contributed by atoms with Crippen molar-refractivity contribution >= 4 is 46.8 Å². The molecule has 2 aromatic rings. The summed E-state index contributed by atoms with van der Waals surface area (Å²) in [5, 5.41) is 41.9. The number of carbonyl (C=O) groups excluding carboxylic acids is 2. The van der Waals surface area contributed by atoms with Gasteiger partial charge < -0.3 is 25.2 Å². The van der Waals surface area contributed by atoms with Crippen LogP contribution in [0.25, 0.3) is 0 Å². The van der Waals surface area contributed by atoms with Gasteiger partial charge in [0, 0.05) is 17.3 Å². The third-order valence-electron chi connectivity index (χ3n) is 5.26. The third-order valence-corrected chi connectivity index (χ3v) is 5.48. The number of hydrogen-bond acceptors (Lipinski definition) is 11. The molecule has 15 nitrogen and oxygen atoms in total. The molecule has 0 saturated heterocycles. The van der Waals surface area contributed by atoms with E-state index in [4.69, 9.17) is 21.7 Å². The largest absolute Gasteiger partial charge is 0.502 e. The molecule has 1 aliphatic rings. The molecule has 0 unspecified atom stereocenters. The van der Waals surface area contributed by atoms with Crippen molar-refractivity contribution in [3.63, 3.8) is 0 Å². The number of nitro benzene ring substituents is 2. The number of phenolic OH excluding ortho intramolecular Hbond substituents is 1. The maximum atomic E-state index is 12.6. The van der Waals surface area contributed by atoms with Crippen LogP contribution in [-0.4, -0.2) is 51.4 Å². The Balaban J connectivity index is 1.75. The first kappa shape index (κ1) is 28.5. The predicted molar refractivity (Wildman–Crippen MR) is 140 cm³/mol. The van der Waals surface area contributed by atoms with Crippen molar-refractivity contribution in [3.8, 4) is 11.5 Å². The second-order valence-electron chi connectivity index (χ2n) is 7.83. The van der Waals surface area contributed by atoms with Gasteiger partial charge >= 0.3 is 11.7 Å². The summed E-state index contributed by atoms with van der Waals surface area (Å²) < 4.78 is 10.8. The Labute approximate surface area is 225 Å². The van der Waals surface area contributed by atoms with Crippen LogP contribution in [-0.2, 0) is 14.3 Å². The molecule has 0 saturated carbocycles. The minimum atomic E-state index is -0.989. The second-order valence-corrected chi connectivity index (χ2v) is 8.24. The van der Waals surface area contributed by atoms with Crippen molar-refractivity contribution in [2.24, 2.45) is 5.10 Å². The van der Waals surface area contributed by atoms with Crippen molar-refractivity contribution in [2.45, 2.75) is 19.9 Å². The van der Waals surface area contributed by atoms with Gasteiger partial charge in [-0.2, -0.15) is 5.10 Å². The molecule has 1 atom stereocenters. The maximum absolute atomic E-state index is 12.6. The van der Waals surface area contributed by atoms with Gasteiger partial charge in [0.1, 0.15) is 5.75 Å². The van der Waals surface area contributed by atoms with Crippen LogP contribution in [0.5, 0.6) is 11.5 Å². The van der Waals surface area contributed by atoms with Crippen molar-refractivity contribution in [1.29, 1.82) is 0 Å². The molecule has 1 aliphatic heterocycles. The minimum absolute atomic E-state index is 0.160. The van der Waals surface area contributed by atoms with Crippen LogP contribution in [0.1, 0.15) is 31.0 Å². The summed E-state index contributed by atoms with van der Waals surface area (Å²) in [4.78, 5) is 45.2. The number of rotatable bonds is 10. The molecule has 3 rings (SSSR count).